The van der Waals surface area contributed by atoms with E-state index >= 15 is 0 Å². The predicted molar refractivity (Wildman–Crippen MR) is 58.8 cm³/mol. The van der Waals surface area contributed by atoms with Gasteiger partial charge in [-0.2, -0.15) is 0 Å². The Morgan fingerprint density at radius 3 is 2.62 bits per heavy atom. The first kappa shape index (κ1) is 10.4. The summed E-state index contributed by atoms with van der Waals surface area (Å²) >= 11 is 0. The molecule has 0 aliphatic heterocycles. The van der Waals surface area contributed by atoms with Gasteiger partial charge in [-0.15, -0.1) is 0 Å². The lowest BCUT2D eigenvalue weighted by Gasteiger charge is -2.10. The molecule has 0 bridgehead atoms. The number of aromatic hydroxyl groups is 1. The molecule has 2 rings (SSSR count). The fourth-order valence-corrected chi connectivity index (χ4v) is 1.50. The molecule has 0 unspecified atom stereocenters. The van der Waals surface area contributed by atoms with E-state index in [1.807, 2.05) is 0 Å². The highest BCUT2D eigenvalue weighted by Gasteiger charge is 2.15. The van der Waals surface area contributed by atoms with Crippen LogP contribution >= 0.6 is 0 Å². The number of imidazole rings is 1. The van der Waals surface area contributed by atoms with E-state index in [-0.39, 0.29) is 5.75 Å². The van der Waals surface area contributed by atoms with Gasteiger partial charge in [-0.25, -0.2) is 4.98 Å². The molecule has 0 saturated carbocycles. The van der Waals surface area contributed by atoms with Crippen molar-refractivity contribution in [3.05, 3.63) is 24.5 Å². The van der Waals surface area contributed by atoms with Crippen LogP contribution in [0.5, 0.6) is 17.2 Å². The molecule has 5 nitrogen and oxygen atoms in total. The normalized spacial score (nSPS) is 10.1. The summed E-state index contributed by atoms with van der Waals surface area (Å²) in [5, 5.41) is 9.89. The third-order valence-corrected chi connectivity index (χ3v) is 2.25. The Balaban J connectivity index is 2.60. The highest BCUT2D eigenvalue weighted by molar-refractivity contribution is 5.73. The first-order chi connectivity index (χ1) is 7.76. The lowest BCUT2D eigenvalue weighted by molar-refractivity contribution is 0.386. The summed E-state index contributed by atoms with van der Waals surface area (Å²) in [6.45, 7) is 0. The fourth-order valence-electron chi connectivity index (χ4n) is 1.50. The highest BCUT2D eigenvalue weighted by atomic mass is 16.5. The van der Waals surface area contributed by atoms with E-state index in [4.69, 9.17) is 9.47 Å². The topological polar surface area (TPSA) is 67.4 Å². The van der Waals surface area contributed by atoms with Crippen LogP contribution < -0.4 is 9.47 Å². The maximum absolute atomic E-state index is 9.89. The minimum atomic E-state index is 0.0613. The van der Waals surface area contributed by atoms with E-state index in [2.05, 4.69) is 9.97 Å². The second-order valence-corrected chi connectivity index (χ2v) is 3.16. The van der Waals surface area contributed by atoms with Crippen LogP contribution in [0, 0.1) is 0 Å². The van der Waals surface area contributed by atoms with E-state index in [1.54, 1.807) is 18.5 Å². The maximum Gasteiger partial charge on any atom is 0.144 e. The van der Waals surface area contributed by atoms with Gasteiger partial charge in [-0.1, -0.05) is 0 Å². The maximum atomic E-state index is 9.89. The van der Waals surface area contributed by atoms with Crippen molar-refractivity contribution >= 4 is 0 Å². The van der Waals surface area contributed by atoms with Crippen LogP contribution in [0.2, 0.25) is 0 Å². The molecule has 16 heavy (non-hydrogen) atoms. The van der Waals surface area contributed by atoms with E-state index in [0.717, 1.165) is 0 Å². The molecule has 5 heteroatoms. The largest absolute Gasteiger partial charge is 0.507 e. The number of hydrogen-bond donors (Lipinski definition) is 2. The van der Waals surface area contributed by atoms with Crippen molar-refractivity contribution in [2.45, 2.75) is 0 Å². The number of hydrogen-bond acceptors (Lipinski definition) is 4. The molecule has 0 saturated heterocycles. The Kier molecular flexibility index (Phi) is 2.68. The number of methoxy groups -OCH3 is 2. The molecule has 0 amide bonds. The quantitative estimate of drug-likeness (QED) is 0.827. The van der Waals surface area contributed by atoms with Gasteiger partial charge in [0.15, 0.2) is 0 Å². The number of ether oxygens (including phenoxy) is 2. The lowest BCUT2D eigenvalue weighted by Crippen LogP contribution is -1.92. The van der Waals surface area contributed by atoms with Crippen molar-refractivity contribution in [1.29, 1.82) is 0 Å². The number of phenols is 1. The molecule has 1 heterocycles. The Morgan fingerprint density at radius 2 is 2.06 bits per heavy atom. The van der Waals surface area contributed by atoms with Gasteiger partial charge >= 0.3 is 0 Å². The van der Waals surface area contributed by atoms with Crippen molar-refractivity contribution in [1.82, 2.24) is 9.97 Å². The molecule has 0 atom stereocenters. The van der Waals surface area contributed by atoms with Crippen molar-refractivity contribution in [3.63, 3.8) is 0 Å². The Morgan fingerprint density at radius 1 is 1.25 bits per heavy atom. The van der Waals surface area contributed by atoms with E-state index in [9.17, 15) is 5.11 Å². The predicted octanol–water partition coefficient (Wildman–Crippen LogP) is 1.80. The van der Waals surface area contributed by atoms with Gasteiger partial charge in [-0.05, 0) is 0 Å². The third kappa shape index (κ3) is 1.67. The van der Waals surface area contributed by atoms with Crippen molar-refractivity contribution in [2.75, 3.05) is 14.2 Å². The lowest BCUT2D eigenvalue weighted by atomic mass is 10.1. The number of H-pyrrole nitrogens is 1. The molecule has 1 aromatic heterocycles. The summed E-state index contributed by atoms with van der Waals surface area (Å²) in [6, 6.07) is 3.21. The fraction of sp³-hybridized carbons (Fsp3) is 0.182. The van der Waals surface area contributed by atoms with Crippen LogP contribution in [0.4, 0.5) is 0 Å². The summed E-state index contributed by atoms with van der Waals surface area (Å²) < 4.78 is 10.2. The van der Waals surface area contributed by atoms with Crippen molar-refractivity contribution < 1.29 is 14.6 Å². The minimum absolute atomic E-state index is 0.0613. The van der Waals surface area contributed by atoms with Crippen LogP contribution in [0.15, 0.2) is 24.5 Å². The number of aromatic nitrogens is 2. The summed E-state index contributed by atoms with van der Waals surface area (Å²) in [5.74, 6) is 1.65. The first-order valence-electron chi connectivity index (χ1n) is 4.71. The van der Waals surface area contributed by atoms with Gasteiger partial charge in [0.1, 0.15) is 28.6 Å². The van der Waals surface area contributed by atoms with Gasteiger partial charge in [0.2, 0.25) is 0 Å². The number of nitrogens with zero attached hydrogens (tertiary/aromatic N) is 1. The summed E-state index contributed by atoms with van der Waals surface area (Å²) in [4.78, 5) is 6.99. The average Bonchev–Trinajstić information content (AvgIpc) is 2.81. The van der Waals surface area contributed by atoms with Crippen LogP contribution in [0.3, 0.4) is 0 Å². The number of rotatable bonds is 3. The van der Waals surface area contributed by atoms with Gasteiger partial charge < -0.3 is 19.6 Å². The SMILES string of the molecule is COc1cc(O)c(-c2ncc[nH]2)c(OC)c1. The number of nitrogens with one attached hydrogen (secondary N) is 1. The molecule has 1 aromatic carbocycles. The molecule has 0 fully saturated rings. The molecule has 0 spiro atoms. The van der Waals surface area contributed by atoms with Crippen LogP contribution in [0.1, 0.15) is 0 Å². The summed E-state index contributed by atoms with van der Waals surface area (Å²) in [7, 11) is 3.06. The van der Waals surface area contributed by atoms with Gasteiger partial charge in [0.25, 0.3) is 0 Å². The van der Waals surface area contributed by atoms with E-state index in [0.29, 0.717) is 22.9 Å². The van der Waals surface area contributed by atoms with Crippen molar-refractivity contribution in [2.24, 2.45) is 0 Å². The number of aromatic amines is 1. The zero-order valence-electron chi connectivity index (χ0n) is 9.02. The number of phenolic OH excluding ortho intramolecular Hbond substituents is 1. The zero-order chi connectivity index (χ0) is 11.5. The number of benzene rings is 1. The molecule has 84 valence electrons. The Hall–Kier alpha value is -2.17. The van der Waals surface area contributed by atoms with E-state index < -0.39 is 0 Å². The average molecular weight is 220 g/mol. The molecule has 0 aliphatic rings. The zero-order valence-corrected chi connectivity index (χ0v) is 9.02. The van der Waals surface area contributed by atoms with Crippen LogP contribution in [-0.4, -0.2) is 29.3 Å². The van der Waals surface area contributed by atoms with Gasteiger partial charge in [0.05, 0.1) is 14.2 Å². The van der Waals surface area contributed by atoms with Crippen LogP contribution in [0.25, 0.3) is 11.4 Å². The molecule has 2 aromatic rings. The molecule has 0 aliphatic carbocycles. The van der Waals surface area contributed by atoms with Crippen molar-refractivity contribution in [3.8, 4) is 28.6 Å². The third-order valence-electron chi connectivity index (χ3n) is 2.25. The van der Waals surface area contributed by atoms with Gasteiger partial charge in [-0.3, -0.25) is 0 Å². The Bertz CT molecular complexity index is 480. The Labute approximate surface area is 92.7 Å². The standard InChI is InChI=1S/C11H12N2O3/c1-15-7-5-8(14)10(9(6-7)16-2)11-12-3-4-13-11/h3-6,14H,1-2H3,(H,12,13). The van der Waals surface area contributed by atoms with Gasteiger partial charge in [0, 0.05) is 24.5 Å². The monoisotopic (exact) mass is 220 g/mol. The molecule has 2 N–H and O–H groups in total. The second kappa shape index (κ2) is 4.14. The second-order valence-electron chi connectivity index (χ2n) is 3.16. The first-order valence-corrected chi connectivity index (χ1v) is 4.71. The summed E-state index contributed by atoms with van der Waals surface area (Å²) in [6.07, 6.45) is 3.29. The summed E-state index contributed by atoms with van der Waals surface area (Å²) in [5.41, 5.74) is 0.522. The molecular weight excluding hydrogens is 208 g/mol. The highest BCUT2D eigenvalue weighted by Crippen LogP contribution is 2.39. The molecular formula is C11H12N2O3. The van der Waals surface area contributed by atoms with Crippen LogP contribution in [-0.2, 0) is 0 Å². The minimum Gasteiger partial charge on any atom is -0.507 e. The smallest absolute Gasteiger partial charge is 0.144 e. The van der Waals surface area contributed by atoms with E-state index in [1.165, 1.54) is 20.3 Å². The molecule has 0 radical (unpaired) electrons.